The lowest BCUT2D eigenvalue weighted by Gasteiger charge is -2.13. The van der Waals surface area contributed by atoms with Crippen LogP contribution in [0.1, 0.15) is 25.0 Å². The highest BCUT2D eigenvalue weighted by atomic mass is 32.1. The summed E-state index contributed by atoms with van der Waals surface area (Å²) in [7, 11) is 0. The number of rotatable bonds is 4. The van der Waals surface area contributed by atoms with Gasteiger partial charge < -0.3 is 14.8 Å². The number of amides is 1. The van der Waals surface area contributed by atoms with E-state index in [1.54, 1.807) is 6.26 Å². The lowest BCUT2D eigenvalue weighted by Crippen LogP contribution is -2.34. The minimum atomic E-state index is -0.496. The number of aliphatic hydroxyl groups excluding tert-OH is 1. The Hall–Kier alpha value is -1.66. The van der Waals surface area contributed by atoms with Gasteiger partial charge in [-0.15, -0.1) is 11.3 Å². The molecule has 20 heavy (non-hydrogen) atoms. The molecule has 2 unspecified atom stereocenters. The topological polar surface area (TPSA) is 75.4 Å². The van der Waals surface area contributed by atoms with E-state index in [2.05, 4.69) is 10.3 Å². The Balaban J connectivity index is 1.57. The van der Waals surface area contributed by atoms with Crippen LogP contribution in [0, 0.1) is 5.92 Å². The largest absolute Gasteiger partial charge is 0.462 e. The molecule has 0 spiro atoms. The molecule has 1 aliphatic rings. The van der Waals surface area contributed by atoms with E-state index in [1.165, 1.54) is 11.3 Å². The van der Waals surface area contributed by atoms with E-state index in [4.69, 9.17) is 4.42 Å². The van der Waals surface area contributed by atoms with E-state index in [0.717, 1.165) is 35.7 Å². The second-order valence-electron chi connectivity index (χ2n) is 4.94. The Morgan fingerprint density at radius 3 is 3.15 bits per heavy atom. The molecule has 1 aliphatic carbocycles. The van der Waals surface area contributed by atoms with Crippen molar-refractivity contribution in [3.05, 3.63) is 29.5 Å². The Morgan fingerprint density at radius 1 is 1.55 bits per heavy atom. The number of carbonyl (C=O) groups is 1. The van der Waals surface area contributed by atoms with Crippen molar-refractivity contribution in [1.29, 1.82) is 0 Å². The zero-order valence-corrected chi connectivity index (χ0v) is 11.7. The second kappa shape index (κ2) is 5.76. The molecule has 106 valence electrons. The number of furan rings is 1. The van der Waals surface area contributed by atoms with Crippen LogP contribution < -0.4 is 5.32 Å². The predicted octanol–water partition coefficient (Wildman–Crippen LogP) is 2.18. The van der Waals surface area contributed by atoms with Crippen LogP contribution in [-0.2, 0) is 11.3 Å². The minimum Gasteiger partial charge on any atom is -0.462 e. The van der Waals surface area contributed by atoms with E-state index in [0.29, 0.717) is 6.54 Å². The first-order valence-electron chi connectivity index (χ1n) is 6.68. The molecule has 2 heterocycles. The van der Waals surface area contributed by atoms with Crippen molar-refractivity contribution in [2.75, 3.05) is 0 Å². The molecule has 0 aliphatic heterocycles. The molecule has 1 fully saturated rings. The van der Waals surface area contributed by atoms with Gasteiger partial charge in [0.15, 0.2) is 10.8 Å². The third-order valence-electron chi connectivity index (χ3n) is 3.54. The van der Waals surface area contributed by atoms with Crippen LogP contribution in [0.2, 0.25) is 0 Å². The summed E-state index contributed by atoms with van der Waals surface area (Å²) in [6.07, 6.45) is 3.52. The molecule has 0 radical (unpaired) electrons. The fourth-order valence-electron chi connectivity index (χ4n) is 2.46. The average Bonchev–Trinajstić information content (AvgIpc) is 3.16. The molecule has 0 bridgehead atoms. The van der Waals surface area contributed by atoms with Gasteiger partial charge in [-0.2, -0.15) is 0 Å². The summed E-state index contributed by atoms with van der Waals surface area (Å²) in [6.45, 7) is 0.388. The molecule has 3 rings (SSSR count). The summed E-state index contributed by atoms with van der Waals surface area (Å²) in [6, 6.07) is 3.68. The number of nitrogens with zero attached hydrogens (tertiary/aromatic N) is 1. The zero-order chi connectivity index (χ0) is 13.9. The molecule has 2 aromatic rings. The Morgan fingerprint density at radius 2 is 2.45 bits per heavy atom. The maximum atomic E-state index is 12.0. The van der Waals surface area contributed by atoms with Crippen LogP contribution in [0.25, 0.3) is 10.8 Å². The first kappa shape index (κ1) is 13.3. The minimum absolute atomic E-state index is 0.0810. The molecule has 1 amide bonds. The van der Waals surface area contributed by atoms with Crippen molar-refractivity contribution in [1.82, 2.24) is 10.3 Å². The van der Waals surface area contributed by atoms with E-state index in [1.807, 2.05) is 17.5 Å². The molecule has 0 aromatic carbocycles. The second-order valence-corrected chi connectivity index (χ2v) is 5.80. The Bertz CT molecular complexity index is 579. The van der Waals surface area contributed by atoms with Crippen LogP contribution in [-0.4, -0.2) is 22.1 Å². The molecular formula is C14H16N2O3S. The van der Waals surface area contributed by atoms with Crippen molar-refractivity contribution in [2.45, 2.75) is 31.9 Å². The molecule has 2 atom stereocenters. The first-order valence-corrected chi connectivity index (χ1v) is 7.56. The highest BCUT2D eigenvalue weighted by Crippen LogP contribution is 2.26. The van der Waals surface area contributed by atoms with Crippen LogP contribution >= 0.6 is 11.3 Å². The van der Waals surface area contributed by atoms with Crippen molar-refractivity contribution in [2.24, 2.45) is 5.92 Å². The van der Waals surface area contributed by atoms with Crippen LogP contribution in [0.15, 0.2) is 28.2 Å². The molecule has 6 heteroatoms. The van der Waals surface area contributed by atoms with E-state index < -0.39 is 6.10 Å². The summed E-state index contributed by atoms with van der Waals surface area (Å²) in [5, 5.41) is 15.3. The Labute approximate surface area is 120 Å². The van der Waals surface area contributed by atoms with Crippen molar-refractivity contribution in [3.8, 4) is 10.8 Å². The molecule has 1 saturated carbocycles. The number of carbonyl (C=O) groups excluding carboxylic acids is 1. The highest BCUT2D eigenvalue weighted by molar-refractivity contribution is 7.13. The van der Waals surface area contributed by atoms with Gasteiger partial charge in [0.2, 0.25) is 5.91 Å². The van der Waals surface area contributed by atoms with Gasteiger partial charge in [-0.05, 0) is 31.4 Å². The maximum absolute atomic E-state index is 12.0. The lowest BCUT2D eigenvalue weighted by molar-refractivity contribution is -0.127. The van der Waals surface area contributed by atoms with E-state index >= 15 is 0 Å². The van der Waals surface area contributed by atoms with Gasteiger partial charge in [-0.3, -0.25) is 4.79 Å². The van der Waals surface area contributed by atoms with Crippen LogP contribution in [0.3, 0.4) is 0 Å². The smallest absolute Gasteiger partial charge is 0.226 e. The van der Waals surface area contributed by atoms with Gasteiger partial charge in [-0.25, -0.2) is 4.98 Å². The molecular weight excluding hydrogens is 276 g/mol. The lowest BCUT2D eigenvalue weighted by atomic mass is 10.1. The molecule has 2 aromatic heterocycles. The van der Waals surface area contributed by atoms with Crippen molar-refractivity contribution < 1.29 is 14.3 Å². The van der Waals surface area contributed by atoms with Crippen molar-refractivity contribution in [3.63, 3.8) is 0 Å². The zero-order valence-electron chi connectivity index (χ0n) is 10.9. The Kier molecular flexibility index (Phi) is 3.84. The van der Waals surface area contributed by atoms with Gasteiger partial charge in [0.1, 0.15) is 0 Å². The summed E-state index contributed by atoms with van der Waals surface area (Å²) in [4.78, 5) is 16.4. The number of nitrogens with one attached hydrogen (secondary N) is 1. The number of hydrogen-bond acceptors (Lipinski definition) is 5. The highest BCUT2D eigenvalue weighted by Gasteiger charge is 2.31. The maximum Gasteiger partial charge on any atom is 0.226 e. The van der Waals surface area contributed by atoms with Crippen LogP contribution in [0.5, 0.6) is 0 Å². The van der Waals surface area contributed by atoms with E-state index in [9.17, 15) is 9.90 Å². The number of aromatic nitrogens is 1. The third kappa shape index (κ3) is 2.76. The van der Waals surface area contributed by atoms with E-state index in [-0.39, 0.29) is 11.8 Å². The monoisotopic (exact) mass is 292 g/mol. The predicted molar refractivity (Wildman–Crippen MR) is 75.0 cm³/mol. The van der Waals surface area contributed by atoms with Gasteiger partial charge in [-0.1, -0.05) is 0 Å². The fraction of sp³-hybridized carbons (Fsp3) is 0.429. The summed E-state index contributed by atoms with van der Waals surface area (Å²) in [5.41, 5.74) is 0.808. The summed E-state index contributed by atoms with van der Waals surface area (Å²) < 4.78 is 5.28. The number of thiazole rings is 1. The average molecular weight is 292 g/mol. The fourth-order valence-corrected chi connectivity index (χ4v) is 3.24. The molecule has 0 saturated heterocycles. The summed E-state index contributed by atoms with van der Waals surface area (Å²) in [5.74, 6) is 0.388. The third-order valence-corrected chi connectivity index (χ3v) is 4.45. The molecule has 2 N–H and O–H groups in total. The van der Waals surface area contributed by atoms with Crippen molar-refractivity contribution >= 4 is 17.2 Å². The van der Waals surface area contributed by atoms with Crippen LogP contribution in [0.4, 0.5) is 0 Å². The molecule has 5 nitrogen and oxygen atoms in total. The quantitative estimate of drug-likeness (QED) is 0.905. The van der Waals surface area contributed by atoms with Gasteiger partial charge in [0, 0.05) is 5.38 Å². The summed E-state index contributed by atoms with van der Waals surface area (Å²) >= 11 is 1.49. The first-order chi connectivity index (χ1) is 9.74. The number of hydrogen-bond donors (Lipinski definition) is 2. The normalized spacial score (nSPS) is 22.1. The number of aliphatic hydroxyl groups is 1. The van der Waals surface area contributed by atoms with Gasteiger partial charge in [0.25, 0.3) is 0 Å². The SMILES string of the molecule is O=C(NCc1csc(-c2ccco2)n1)C1CCCC1O. The van der Waals surface area contributed by atoms with Gasteiger partial charge in [0.05, 0.1) is 30.5 Å². The van der Waals surface area contributed by atoms with Gasteiger partial charge >= 0.3 is 0 Å². The standard InChI is InChI=1S/C14H16N2O3S/c17-11-4-1-3-10(11)13(18)15-7-9-8-20-14(16-9)12-5-2-6-19-12/h2,5-6,8,10-11,17H,1,3-4,7H2,(H,15,18).